The number of benzene rings is 2. The summed E-state index contributed by atoms with van der Waals surface area (Å²) in [6.07, 6.45) is 0.765. The predicted octanol–water partition coefficient (Wildman–Crippen LogP) is 4.45. The van der Waals surface area contributed by atoms with Crippen molar-refractivity contribution in [2.24, 2.45) is 12.1 Å². The first-order valence-corrected chi connectivity index (χ1v) is 10.7. The number of nitrogens with zero attached hydrogens (tertiary/aromatic N) is 4. The number of imidazole rings is 1. The Balaban J connectivity index is 1.76. The Bertz CT molecular complexity index is 1240. The number of anilines is 1. The van der Waals surface area contributed by atoms with E-state index >= 15 is 0 Å². The summed E-state index contributed by atoms with van der Waals surface area (Å²) in [5, 5.41) is 14.8. The van der Waals surface area contributed by atoms with Crippen LogP contribution in [0.4, 0.5) is 10.5 Å². The number of ether oxygens (including phenoxy) is 2. The molecular weight excluding hydrogens is 548 g/mol. The van der Waals surface area contributed by atoms with Crippen LogP contribution in [0.25, 0.3) is 11.0 Å². The van der Waals surface area contributed by atoms with Gasteiger partial charge in [0.25, 0.3) is 5.91 Å². The number of alkyl carbamates (subject to hydrolysis) is 1. The molecule has 1 aromatic heterocycles. The van der Waals surface area contributed by atoms with Gasteiger partial charge >= 0.3 is 6.09 Å². The Kier molecular flexibility index (Phi) is 7.45. The molecule has 10 nitrogen and oxygen atoms in total. The zero-order valence-corrected chi connectivity index (χ0v) is 20.0. The van der Waals surface area contributed by atoms with Gasteiger partial charge in [0.15, 0.2) is 5.75 Å². The first-order valence-electron chi connectivity index (χ1n) is 9.12. The van der Waals surface area contributed by atoms with Crippen LogP contribution in [0, 0.1) is 11.3 Å². The van der Waals surface area contributed by atoms with E-state index in [4.69, 9.17) is 10.00 Å². The van der Waals surface area contributed by atoms with Gasteiger partial charge in [-0.05, 0) is 63.0 Å². The molecule has 0 spiro atoms. The molecule has 164 valence electrons. The molecule has 2 N–H and O–H groups in total. The molecule has 3 aromatic rings. The average molecular weight is 564 g/mol. The van der Waals surface area contributed by atoms with Crippen LogP contribution in [0.3, 0.4) is 0 Å². The van der Waals surface area contributed by atoms with E-state index in [9.17, 15) is 9.59 Å². The van der Waals surface area contributed by atoms with Crippen LogP contribution in [0.2, 0.25) is 0 Å². The third-order valence-corrected chi connectivity index (χ3v) is 5.20. The zero-order chi connectivity index (χ0) is 23.3. The summed E-state index contributed by atoms with van der Waals surface area (Å²) >= 11 is 6.90. The number of hydrazone groups is 1. The lowest BCUT2D eigenvalue weighted by Crippen LogP contribution is -2.36. The van der Waals surface area contributed by atoms with E-state index in [1.54, 1.807) is 31.5 Å². The molecule has 32 heavy (non-hydrogen) atoms. The van der Waals surface area contributed by atoms with Crippen LogP contribution in [0.1, 0.15) is 6.92 Å². The molecule has 0 fully saturated rings. The van der Waals surface area contributed by atoms with Gasteiger partial charge in [-0.2, -0.15) is 10.4 Å². The van der Waals surface area contributed by atoms with Gasteiger partial charge in [-0.15, -0.1) is 0 Å². The van der Waals surface area contributed by atoms with Crippen molar-refractivity contribution in [3.8, 4) is 17.6 Å². The molecule has 1 heterocycles. The largest absolute Gasteiger partial charge is 0.455 e. The second-order valence-corrected chi connectivity index (χ2v) is 7.94. The number of imide groups is 1. The number of aryl methyl sites for hydroxylation is 1. The second kappa shape index (κ2) is 10.3. The second-order valence-electron chi connectivity index (χ2n) is 6.24. The molecule has 0 saturated carbocycles. The van der Waals surface area contributed by atoms with Crippen LogP contribution >= 0.6 is 31.9 Å². The molecule has 0 radical (unpaired) electrons. The van der Waals surface area contributed by atoms with E-state index in [-0.39, 0.29) is 6.61 Å². The normalized spacial score (nSPS) is 11.0. The van der Waals surface area contributed by atoms with E-state index < -0.39 is 17.7 Å². The molecule has 0 atom stereocenters. The Morgan fingerprint density at radius 2 is 1.97 bits per heavy atom. The number of hydrogen-bond donors (Lipinski definition) is 2. The quantitative estimate of drug-likeness (QED) is 0.334. The maximum atomic E-state index is 11.9. The van der Waals surface area contributed by atoms with Gasteiger partial charge in [0, 0.05) is 13.1 Å². The maximum Gasteiger partial charge on any atom is 0.414 e. The van der Waals surface area contributed by atoms with E-state index in [1.807, 2.05) is 35.1 Å². The fraction of sp³-hybridized carbons (Fsp3) is 0.150. The molecule has 3 rings (SSSR count). The monoisotopic (exact) mass is 562 g/mol. The summed E-state index contributed by atoms with van der Waals surface area (Å²) in [4.78, 5) is 27.5. The minimum Gasteiger partial charge on any atom is -0.455 e. The molecule has 0 unspecified atom stereocenters. The Morgan fingerprint density at radius 3 is 2.62 bits per heavy atom. The SMILES string of the molecule is CCOC(=O)NC(=O)/C(C#N)=N/Nc1cc(Br)c(Oc2ccc3ncn(C)c3c2)c(Br)c1. The topological polar surface area (TPSA) is 131 Å². The van der Waals surface area contributed by atoms with Gasteiger partial charge in [0.1, 0.15) is 11.8 Å². The fourth-order valence-electron chi connectivity index (χ4n) is 2.58. The molecule has 12 heteroatoms. The first kappa shape index (κ1) is 23.2. The van der Waals surface area contributed by atoms with Gasteiger partial charge in [0.2, 0.25) is 5.71 Å². The lowest BCUT2D eigenvalue weighted by Gasteiger charge is -2.12. The third-order valence-electron chi connectivity index (χ3n) is 4.02. The highest BCUT2D eigenvalue weighted by atomic mass is 79.9. The van der Waals surface area contributed by atoms with Crippen molar-refractivity contribution in [1.29, 1.82) is 5.26 Å². The number of nitrogens with one attached hydrogen (secondary N) is 2. The smallest absolute Gasteiger partial charge is 0.414 e. The molecule has 0 bridgehead atoms. The van der Waals surface area contributed by atoms with Crippen LogP contribution in [-0.4, -0.2) is 33.9 Å². The highest BCUT2D eigenvalue weighted by Gasteiger charge is 2.16. The number of hydrogen-bond acceptors (Lipinski definition) is 8. The summed E-state index contributed by atoms with van der Waals surface area (Å²) in [5.41, 5.74) is 4.30. The highest BCUT2D eigenvalue weighted by Crippen LogP contribution is 2.39. The maximum absolute atomic E-state index is 11.9. The number of carbonyl (C=O) groups excluding carboxylic acids is 2. The number of halogens is 2. The number of amides is 2. The summed E-state index contributed by atoms with van der Waals surface area (Å²) in [6, 6.07) is 10.5. The van der Waals surface area contributed by atoms with Gasteiger partial charge in [-0.25, -0.2) is 9.78 Å². The molecule has 2 aromatic carbocycles. The molecule has 0 aliphatic heterocycles. The highest BCUT2D eigenvalue weighted by molar-refractivity contribution is 9.11. The third kappa shape index (κ3) is 5.43. The molecule has 0 aliphatic carbocycles. The average Bonchev–Trinajstić information content (AvgIpc) is 3.11. The first-order chi connectivity index (χ1) is 15.3. The predicted molar refractivity (Wildman–Crippen MR) is 124 cm³/mol. The van der Waals surface area contributed by atoms with Gasteiger partial charge in [0.05, 0.1) is 38.6 Å². The summed E-state index contributed by atoms with van der Waals surface area (Å²) < 4.78 is 13.7. The number of carbonyl (C=O) groups is 2. The van der Waals surface area contributed by atoms with Crippen LogP contribution in [0.15, 0.2) is 50.7 Å². The van der Waals surface area contributed by atoms with Crippen LogP contribution in [-0.2, 0) is 16.6 Å². The lowest BCUT2D eigenvalue weighted by molar-refractivity contribution is -0.114. The number of fused-ring (bicyclic) bond motifs is 1. The van der Waals surface area contributed by atoms with E-state index in [0.717, 1.165) is 11.0 Å². The van der Waals surface area contributed by atoms with Crippen molar-refractivity contribution in [3.05, 3.63) is 45.6 Å². The van der Waals surface area contributed by atoms with Crippen LogP contribution < -0.4 is 15.5 Å². The number of nitriles is 1. The lowest BCUT2D eigenvalue weighted by atomic mass is 10.3. The molecule has 0 aliphatic rings. The minimum absolute atomic E-state index is 0.0861. The van der Waals surface area contributed by atoms with E-state index in [0.29, 0.717) is 26.1 Å². The minimum atomic E-state index is -0.984. The molecular formula is C20H16Br2N6O4. The van der Waals surface area contributed by atoms with Crippen molar-refractivity contribution >= 4 is 66.3 Å². The Morgan fingerprint density at radius 1 is 1.25 bits per heavy atom. The van der Waals surface area contributed by atoms with Crippen LogP contribution in [0.5, 0.6) is 11.5 Å². The molecule has 2 amide bonds. The van der Waals surface area contributed by atoms with Crippen molar-refractivity contribution in [3.63, 3.8) is 0 Å². The number of aromatic nitrogens is 2. The van der Waals surface area contributed by atoms with Gasteiger partial charge in [-0.1, -0.05) is 0 Å². The fourth-order valence-corrected chi connectivity index (χ4v) is 3.92. The Hall–Kier alpha value is -3.43. The number of rotatable bonds is 6. The summed E-state index contributed by atoms with van der Waals surface area (Å²) in [7, 11) is 1.90. The zero-order valence-electron chi connectivity index (χ0n) is 16.8. The summed E-state index contributed by atoms with van der Waals surface area (Å²) in [6.45, 7) is 1.67. The van der Waals surface area contributed by atoms with E-state index in [1.165, 1.54) is 0 Å². The van der Waals surface area contributed by atoms with Gasteiger partial charge < -0.3 is 14.0 Å². The standard InChI is InChI=1S/C20H16Br2N6O4/c1-3-31-20(30)25-19(29)16(9-23)27-26-11-6-13(21)18(14(22)7-11)32-12-4-5-15-17(8-12)28(2)10-24-15/h4-8,10,26H,3H2,1-2H3,(H,25,29,30)/b27-16+. The van der Waals surface area contributed by atoms with Crippen molar-refractivity contribution in [2.75, 3.05) is 12.0 Å². The summed E-state index contributed by atoms with van der Waals surface area (Å²) in [5.74, 6) is 0.146. The van der Waals surface area contributed by atoms with Crippen molar-refractivity contribution in [2.45, 2.75) is 6.92 Å². The van der Waals surface area contributed by atoms with Gasteiger partial charge in [-0.3, -0.25) is 15.5 Å². The van der Waals surface area contributed by atoms with E-state index in [2.05, 4.69) is 52.1 Å². The Labute approximate surface area is 199 Å². The molecule has 0 saturated heterocycles. The van der Waals surface area contributed by atoms with Crippen molar-refractivity contribution < 1.29 is 19.1 Å². The van der Waals surface area contributed by atoms with Crippen molar-refractivity contribution in [1.82, 2.24) is 14.9 Å².